The highest BCUT2D eigenvalue weighted by atomic mass is 35.5. The Morgan fingerprint density at radius 2 is 2.25 bits per heavy atom. The smallest absolute Gasteiger partial charge is 0.191 e. The number of benzene rings is 1. The van der Waals surface area contributed by atoms with Gasteiger partial charge in [-0.25, -0.2) is 0 Å². The lowest BCUT2D eigenvalue weighted by atomic mass is 10.00. The molecule has 0 amide bonds. The van der Waals surface area contributed by atoms with Gasteiger partial charge >= 0.3 is 0 Å². The molecule has 1 aliphatic rings. The molecule has 1 fully saturated rings. The molecule has 2 N–H and O–H groups in total. The van der Waals surface area contributed by atoms with Crippen LogP contribution in [0.3, 0.4) is 0 Å². The number of carbonyl (C=O) groups excluding carboxylic acids is 1. The van der Waals surface area contributed by atoms with Crippen LogP contribution in [0.2, 0.25) is 5.02 Å². The lowest BCUT2D eigenvalue weighted by Gasteiger charge is -2.21. The number of ketones is 1. The molecule has 16 heavy (non-hydrogen) atoms. The van der Waals surface area contributed by atoms with E-state index in [1.54, 1.807) is 18.2 Å². The average Bonchev–Trinajstić information content (AvgIpc) is 2.33. The third kappa shape index (κ3) is 2.36. The Labute approximate surface area is 99.5 Å². The van der Waals surface area contributed by atoms with Crippen LogP contribution in [0.15, 0.2) is 18.2 Å². The molecule has 1 heterocycles. The van der Waals surface area contributed by atoms with Crippen molar-refractivity contribution in [3.05, 3.63) is 28.8 Å². The highest BCUT2D eigenvalue weighted by Gasteiger charge is 2.23. The summed E-state index contributed by atoms with van der Waals surface area (Å²) < 4.78 is 5.44. The summed E-state index contributed by atoms with van der Waals surface area (Å²) in [5.41, 5.74) is 6.66. The minimum Gasteiger partial charge on any atom is -0.398 e. The molecule has 0 radical (unpaired) electrons. The summed E-state index contributed by atoms with van der Waals surface area (Å²) in [6.45, 7) is 0.666. The minimum absolute atomic E-state index is 0.00148. The largest absolute Gasteiger partial charge is 0.398 e. The molecule has 0 spiro atoms. The molecule has 1 aromatic rings. The normalized spacial score (nSPS) is 20.7. The number of nitrogens with two attached hydrogens (primary N) is 1. The van der Waals surface area contributed by atoms with Gasteiger partial charge in [-0.05, 0) is 37.5 Å². The Bertz CT molecular complexity index is 400. The average molecular weight is 240 g/mol. The van der Waals surface area contributed by atoms with Crippen molar-refractivity contribution in [1.82, 2.24) is 0 Å². The van der Waals surface area contributed by atoms with Crippen LogP contribution in [0.4, 0.5) is 5.69 Å². The number of hydrogen-bond acceptors (Lipinski definition) is 3. The maximum absolute atomic E-state index is 12.0. The number of carbonyl (C=O) groups is 1. The van der Waals surface area contributed by atoms with Crippen LogP contribution in [-0.2, 0) is 4.74 Å². The Morgan fingerprint density at radius 1 is 1.44 bits per heavy atom. The fourth-order valence-electron chi connectivity index (χ4n) is 1.81. The van der Waals surface area contributed by atoms with E-state index in [1.807, 2.05) is 0 Å². The first-order valence-electron chi connectivity index (χ1n) is 5.39. The van der Waals surface area contributed by atoms with E-state index in [0.717, 1.165) is 19.3 Å². The lowest BCUT2D eigenvalue weighted by molar-refractivity contribution is 0.0186. The predicted octanol–water partition coefficient (Wildman–Crippen LogP) is 2.67. The van der Waals surface area contributed by atoms with Crippen molar-refractivity contribution in [3.8, 4) is 0 Å². The van der Waals surface area contributed by atoms with E-state index in [2.05, 4.69) is 0 Å². The van der Waals surface area contributed by atoms with Crippen molar-refractivity contribution in [2.45, 2.75) is 25.4 Å². The van der Waals surface area contributed by atoms with Crippen molar-refractivity contribution in [2.75, 3.05) is 12.3 Å². The van der Waals surface area contributed by atoms with E-state index in [1.165, 1.54) is 0 Å². The standard InChI is InChI=1S/C12H14ClNO2/c13-9-7-8(4-5-10(9)14)12(15)11-3-1-2-6-16-11/h4-5,7,11H,1-3,6,14H2. The summed E-state index contributed by atoms with van der Waals surface area (Å²) in [7, 11) is 0. The highest BCUT2D eigenvalue weighted by Crippen LogP contribution is 2.23. The van der Waals surface area contributed by atoms with E-state index < -0.39 is 0 Å². The molecule has 86 valence electrons. The highest BCUT2D eigenvalue weighted by molar-refractivity contribution is 6.33. The van der Waals surface area contributed by atoms with E-state index in [-0.39, 0.29) is 11.9 Å². The predicted molar refractivity (Wildman–Crippen MR) is 63.8 cm³/mol. The Morgan fingerprint density at radius 3 is 2.88 bits per heavy atom. The summed E-state index contributed by atoms with van der Waals surface area (Å²) in [6, 6.07) is 4.96. The molecule has 3 nitrogen and oxygen atoms in total. The zero-order valence-corrected chi connectivity index (χ0v) is 9.67. The molecule has 0 aromatic heterocycles. The maximum atomic E-state index is 12.0. The molecular formula is C12H14ClNO2. The fourth-order valence-corrected chi connectivity index (χ4v) is 1.99. The molecular weight excluding hydrogens is 226 g/mol. The van der Waals surface area contributed by atoms with Crippen molar-refractivity contribution >= 4 is 23.1 Å². The van der Waals surface area contributed by atoms with Gasteiger partial charge in [0.2, 0.25) is 0 Å². The van der Waals surface area contributed by atoms with E-state index in [0.29, 0.717) is 22.9 Å². The van der Waals surface area contributed by atoms with Crippen LogP contribution >= 0.6 is 11.6 Å². The zero-order valence-electron chi connectivity index (χ0n) is 8.91. The van der Waals surface area contributed by atoms with Crippen molar-refractivity contribution < 1.29 is 9.53 Å². The number of nitrogen functional groups attached to an aromatic ring is 1. The van der Waals surface area contributed by atoms with E-state index in [4.69, 9.17) is 22.1 Å². The van der Waals surface area contributed by atoms with Gasteiger partial charge in [0, 0.05) is 12.2 Å². The molecule has 1 unspecified atom stereocenters. The van der Waals surface area contributed by atoms with Gasteiger partial charge in [-0.3, -0.25) is 4.79 Å². The van der Waals surface area contributed by atoms with Crippen LogP contribution in [0.1, 0.15) is 29.6 Å². The first-order chi connectivity index (χ1) is 7.68. The summed E-state index contributed by atoms with van der Waals surface area (Å²) in [5, 5.41) is 0.418. The lowest BCUT2D eigenvalue weighted by Crippen LogP contribution is -2.28. The second kappa shape index (κ2) is 4.85. The van der Waals surface area contributed by atoms with Crippen molar-refractivity contribution in [1.29, 1.82) is 0 Å². The van der Waals surface area contributed by atoms with Gasteiger partial charge in [-0.1, -0.05) is 11.6 Å². The van der Waals surface area contributed by atoms with Crippen molar-refractivity contribution in [3.63, 3.8) is 0 Å². The van der Waals surface area contributed by atoms with Crippen LogP contribution in [0.25, 0.3) is 0 Å². The molecule has 1 atom stereocenters. The van der Waals surface area contributed by atoms with Gasteiger partial charge in [-0.15, -0.1) is 0 Å². The number of halogens is 1. The molecule has 0 bridgehead atoms. The van der Waals surface area contributed by atoms with Crippen LogP contribution in [0.5, 0.6) is 0 Å². The summed E-state index contributed by atoms with van der Waals surface area (Å²) in [5.74, 6) is 0.00148. The van der Waals surface area contributed by atoms with Gasteiger partial charge in [0.15, 0.2) is 5.78 Å². The quantitative estimate of drug-likeness (QED) is 0.638. The molecule has 1 aromatic carbocycles. The Balaban J connectivity index is 2.16. The third-order valence-corrected chi connectivity index (χ3v) is 3.08. The summed E-state index contributed by atoms with van der Waals surface area (Å²) in [4.78, 5) is 12.0. The first-order valence-corrected chi connectivity index (χ1v) is 5.77. The third-order valence-electron chi connectivity index (χ3n) is 2.76. The van der Waals surface area contributed by atoms with Gasteiger partial charge in [-0.2, -0.15) is 0 Å². The molecule has 4 heteroatoms. The number of rotatable bonds is 2. The number of anilines is 1. The van der Waals surface area contributed by atoms with Crippen LogP contribution in [-0.4, -0.2) is 18.5 Å². The fraction of sp³-hybridized carbons (Fsp3) is 0.417. The SMILES string of the molecule is Nc1ccc(C(=O)C2CCCCO2)cc1Cl. The number of ether oxygens (including phenoxy) is 1. The maximum Gasteiger partial charge on any atom is 0.191 e. The topological polar surface area (TPSA) is 52.3 Å². The van der Waals surface area contributed by atoms with Gasteiger partial charge in [0.1, 0.15) is 6.10 Å². The zero-order chi connectivity index (χ0) is 11.5. The van der Waals surface area contributed by atoms with E-state index in [9.17, 15) is 4.79 Å². The number of Topliss-reactive ketones (excluding diaryl/α,β-unsaturated/α-hetero) is 1. The molecule has 1 aliphatic heterocycles. The monoisotopic (exact) mass is 239 g/mol. The van der Waals surface area contributed by atoms with Gasteiger partial charge < -0.3 is 10.5 Å². The van der Waals surface area contributed by atoms with Crippen LogP contribution < -0.4 is 5.73 Å². The molecule has 0 aliphatic carbocycles. The summed E-state index contributed by atoms with van der Waals surface area (Å²) in [6.07, 6.45) is 2.56. The summed E-state index contributed by atoms with van der Waals surface area (Å²) >= 11 is 5.88. The molecule has 2 rings (SSSR count). The van der Waals surface area contributed by atoms with Crippen molar-refractivity contribution in [2.24, 2.45) is 0 Å². The Kier molecular flexibility index (Phi) is 3.46. The second-order valence-electron chi connectivity index (χ2n) is 3.96. The first kappa shape index (κ1) is 11.4. The molecule has 0 saturated carbocycles. The van der Waals surface area contributed by atoms with Crippen LogP contribution in [0, 0.1) is 0 Å². The number of hydrogen-bond donors (Lipinski definition) is 1. The Hall–Kier alpha value is -1.06. The second-order valence-corrected chi connectivity index (χ2v) is 4.36. The molecule has 1 saturated heterocycles. The van der Waals surface area contributed by atoms with E-state index >= 15 is 0 Å². The van der Waals surface area contributed by atoms with Gasteiger partial charge in [0.05, 0.1) is 10.7 Å². The minimum atomic E-state index is -0.312. The van der Waals surface area contributed by atoms with Gasteiger partial charge in [0.25, 0.3) is 0 Å².